The number of nitrogens with zero attached hydrogens (tertiary/aromatic N) is 1. The quantitative estimate of drug-likeness (QED) is 0.603. The molecule has 1 saturated heterocycles. The van der Waals surface area contributed by atoms with Crippen LogP contribution < -0.4 is 0 Å². The Kier molecular flexibility index (Phi) is 3.85. The Morgan fingerprint density at radius 1 is 1.25 bits per heavy atom. The Hall–Kier alpha value is -0.180. The first-order valence-corrected chi connectivity index (χ1v) is 9.50. The number of aliphatic hydroxyl groups is 1. The van der Waals surface area contributed by atoms with Crippen molar-refractivity contribution in [2.75, 3.05) is 6.54 Å². The van der Waals surface area contributed by atoms with Crippen molar-refractivity contribution in [3.63, 3.8) is 0 Å². The zero-order valence-corrected chi connectivity index (χ0v) is 14.2. The zero-order chi connectivity index (χ0) is 14.5. The van der Waals surface area contributed by atoms with Crippen LogP contribution in [0.15, 0.2) is 29.2 Å². The summed E-state index contributed by atoms with van der Waals surface area (Å²) in [5, 5.41) is 10.2. The number of hydrogen-bond donors (Lipinski definition) is 1. The Morgan fingerprint density at radius 2 is 1.90 bits per heavy atom. The minimum absolute atomic E-state index is 0.0433. The molecule has 0 aromatic heterocycles. The largest absolute Gasteiger partial charge is 0.391 e. The number of benzene rings is 1. The van der Waals surface area contributed by atoms with Gasteiger partial charge in [-0.1, -0.05) is 40.3 Å². The predicted octanol–water partition coefficient (Wildman–Crippen LogP) is 1.94. The number of hydrogen-bond acceptors (Lipinski definition) is 3. The van der Waals surface area contributed by atoms with Crippen LogP contribution in [0.5, 0.6) is 0 Å². The van der Waals surface area contributed by atoms with Crippen LogP contribution in [0.1, 0.15) is 18.4 Å². The van der Waals surface area contributed by atoms with Gasteiger partial charge in [-0.05, 0) is 31.9 Å². The molecule has 0 radical (unpaired) electrons. The monoisotopic (exact) mass is 407 g/mol. The van der Waals surface area contributed by atoms with E-state index in [1.165, 1.54) is 4.31 Å². The van der Waals surface area contributed by atoms with Crippen LogP contribution in [0, 0.1) is 12.8 Å². The first-order chi connectivity index (χ1) is 9.41. The van der Waals surface area contributed by atoms with Gasteiger partial charge in [-0.25, -0.2) is 8.42 Å². The van der Waals surface area contributed by atoms with E-state index in [1.807, 2.05) is 19.1 Å². The lowest BCUT2D eigenvalue weighted by atomic mass is 10.0. The molecule has 0 amide bonds. The zero-order valence-electron chi connectivity index (χ0n) is 11.2. The molecule has 20 heavy (non-hydrogen) atoms. The molecule has 3 rings (SSSR count). The molecule has 6 heteroatoms. The van der Waals surface area contributed by atoms with E-state index in [9.17, 15) is 13.5 Å². The molecule has 1 aliphatic carbocycles. The van der Waals surface area contributed by atoms with E-state index in [-0.39, 0.29) is 18.5 Å². The van der Waals surface area contributed by atoms with E-state index in [4.69, 9.17) is 0 Å². The number of β-amino-alcohol motifs (C(OH)–C–C–N with tert-alkyl or cyclic N) is 1. The van der Waals surface area contributed by atoms with E-state index < -0.39 is 16.1 Å². The molecular formula is C14H18INO3S. The molecule has 4 nitrogen and oxygen atoms in total. The van der Waals surface area contributed by atoms with E-state index in [1.54, 1.807) is 12.1 Å². The number of aliphatic hydroxyl groups excluding tert-OH is 1. The second-order valence-electron chi connectivity index (χ2n) is 5.69. The normalized spacial score (nSPS) is 34.4. The number of rotatable bonds is 2. The molecule has 1 aliphatic heterocycles. The number of sulfonamides is 1. The van der Waals surface area contributed by atoms with Gasteiger partial charge < -0.3 is 5.11 Å². The maximum atomic E-state index is 12.8. The molecule has 1 N–H and O–H groups in total. The second-order valence-corrected chi connectivity index (χ2v) is 9.18. The van der Waals surface area contributed by atoms with Crippen LogP contribution in [-0.2, 0) is 10.0 Å². The number of halogens is 1. The minimum Gasteiger partial charge on any atom is -0.391 e. The van der Waals surface area contributed by atoms with Crippen LogP contribution in [0.25, 0.3) is 0 Å². The molecular weight excluding hydrogens is 389 g/mol. The highest BCUT2D eigenvalue weighted by Crippen LogP contribution is 2.44. The van der Waals surface area contributed by atoms with Gasteiger partial charge in [0, 0.05) is 22.4 Å². The molecule has 1 heterocycles. The minimum atomic E-state index is -3.50. The van der Waals surface area contributed by atoms with Gasteiger partial charge in [0.15, 0.2) is 0 Å². The van der Waals surface area contributed by atoms with E-state index >= 15 is 0 Å². The smallest absolute Gasteiger partial charge is 0.243 e. The predicted molar refractivity (Wildman–Crippen MR) is 85.4 cm³/mol. The molecule has 2 fully saturated rings. The van der Waals surface area contributed by atoms with E-state index in [2.05, 4.69) is 22.6 Å². The van der Waals surface area contributed by atoms with Crippen LogP contribution in [0.4, 0.5) is 0 Å². The standard InChI is InChI=1S/C14H18INO3S/c1-9-2-4-10(5-3-9)20(18,19)16-8-13(17)14-11(15)6-7-12(14)16/h2-5,11-14,17H,6-8H2,1H3/t11-,12-,13+,14+/m0/s1. The summed E-state index contributed by atoms with van der Waals surface area (Å²) in [7, 11) is -3.50. The van der Waals surface area contributed by atoms with Crippen molar-refractivity contribution in [2.45, 2.75) is 40.7 Å². The molecule has 0 bridgehead atoms. The van der Waals surface area contributed by atoms with Gasteiger partial charge in [-0.2, -0.15) is 4.31 Å². The van der Waals surface area contributed by atoms with Crippen molar-refractivity contribution in [3.05, 3.63) is 29.8 Å². The third kappa shape index (κ3) is 2.30. The van der Waals surface area contributed by atoms with Gasteiger partial charge in [-0.15, -0.1) is 0 Å². The van der Waals surface area contributed by atoms with Gasteiger partial charge in [0.05, 0.1) is 11.0 Å². The van der Waals surface area contributed by atoms with Crippen LogP contribution in [0.2, 0.25) is 0 Å². The van der Waals surface area contributed by atoms with Crippen molar-refractivity contribution in [1.29, 1.82) is 0 Å². The van der Waals surface area contributed by atoms with Gasteiger partial charge >= 0.3 is 0 Å². The highest BCUT2D eigenvalue weighted by atomic mass is 127. The molecule has 110 valence electrons. The van der Waals surface area contributed by atoms with Crippen LogP contribution >= 0.6 is 22.6 Å². The van der Waals surface area contributed by atoms with E-state index in [0.717, 1.165) is 18.4 Å². The molecule has 0 spiro atoms. The van der Waals surface area contributed by atoms with Gasteiger partial charge in [0.2, 0.25) is 10.0 Å². The Balaban J connectivity index is 1.94. The molecule has 1 saturated carbocycles. The summed E-state index contributed by atoms with van der Waals surface area (Å²) >= 11 is 2.34. The molecule has 0 unspecified atom stereocenters. The van der Waals surface area contributed by atoms with Crippen LogP contribution in [-0.4, -0.2) is 40.4 Å². The summed E-state index contributed by atoms with van der Waals surface area (Å²) in [6.45, 7) is 2.16. The summed E-state index contributed by atoms with van der Waals surface area (Å²) in [5.41, 5.74) is 1.04. The van der Waals surface area contributed by atoms with Gasteiger partial charge in [-0.3, -0.25) is 0 Å². The van der Waals surface area contributed by atoms with Gasteiger partial charge in [0.25, 0.3) is 0 Å². The summed E-state index contributed by atoms with van der Waals surface area (Å²) in [5.74, 6) is 0.0795. The Bertz CT molecular complexity index is 601. The third-order valence-electron chi connectivity index (χ3n) is 4.41. The Morgan fingerprint density at radius 3 is 2.55 bits per heavy atom. The highest BCUT2D eigenvalue weighted by molar-refractivity contribution is 14.1. The fraction of sp³-hybridized carbons (Fsp3) is 0.571. The molecule has 4 atom stereocenters. The highest BCUT2D eigenvalue weighted by Gasteiger charge is 2.52. The molecule has 1 aromatic rings. The lowest BCUT2D eigenvalue weighted by Crippen LogP contribution is -2.36. The SMILES string of the molecule is Cc1ccc(S(=O)(=O)N2C[C@@H](O)[C@@H]3[C@@H](I)CC[C@@H]32)cc1. The fourth-order valence-electron chi connectivity index (χ4n) is 3.35. The van der Waals surface area contributed by atoms with Crippen molar-refractivity contribution in [3.8, 4) is 0 Å². The topological polar surface area (TPSA) is 57.6 Å². The average Bonchev–Trinajstić information content (AvgIpc) is 2.93. The molecule has 1 aromatic carbocycles. The van der Waals surface area contributed by atoms with Gasteiger partial charge in [0.1, 0.15) is 0 Å². The third-order valence-corrected chi connectivity index (χ3v) is 7.77. The summed E-state index contributed by atoms with van der Waals surface area (Å²) in [4.78, 5) is 0.327. The Labute approximate surface area is 133 Å². The van der Waals surface area contributed by atoms with Crippen molar-refractivity contribution >= 4 is 32.6 Å². The second kappa shape index (κ2) is 5.23. The first kappa shape index (κ1) is 14.7. The average molecular weight is 407 g/mol. The first-order valence-electron chi connectivity index (χ1n) is 6.82. The van der Waals surface area contributed by atoms with Crippen LogP contribution in [0.3, 0.4) is 0 Å². The maximum Gasteiger partial charge on any atom is 0.243 e. The number of aryl methyl sites for hydroxylation is 1. The number of alkyl halides is 1. The number of fused-ring (bicyclic) bond motifs is 1. The maximum absolute atomic E-state index is 12.8. The fourth-order valence-corrected chi connectivity index (χ4v) is 6.37. The van der Waals surface area contributed by atoms with Crippen molar-refractivity contribution in [2.24, 2.45) is 5.92 Å². The van der Waals surface area contributed by atoms with Crippen molar-refractivity contribution in [1.82, 2.24) is 4.31 Å². The summed E-state index contributed by atoms with van der Waals surface area (Å²) in [6.07, 6.45) is 1.29. The van der Waals surface area contributed by atoms with E-state index in [0.29, 0.717) is 8.82 Å². The summed E-state index contributed by atoms with van der Waals surface area (Å²) in [6, 6.07) is 6.89. The van der Waals surface area contributed by atoms with Crippen molar-refractivity contribution < 1.29 is 13.5 Å². The lowest BCUT2D eigenvalue weighted by molar-refractivity contribution is 0.147. The molecule has 2 aliphatic rings. The lowest BCUT2D eigenvalue weighted by Gasteiger charge is -2.23. The summed E-state index contributed by atoms with van der Waals surface area (Å²) < 4.78 is 27.4.